The summed E-state index contributed by atoms with van der Waals surface area (Å²) in [5.41, 5.74) is 4.05. The molecule has 0 amide bonds. The fourth-order valence-corrected chi connectivity index (χ4v) is 4.02. The second-order valence-corrected chi connectivity index (χ2v) is 7.24. The van der Waals surface area contributed by atoms with Crippen molar-refractivity contribution in [3.05, 3.63) is 51.3 Å². The van der Waals surface area contributed by atoms with E-state index in [1.54, 1.807) is 13.2 Å². The molecule has 0 fully saturated rings. The summed E-state index contributed by atoms with van der Waals surface area (Å²) in [6.07, 6.45) is 0.895. The smallest absolute Gasteiger partial charge is 0.286 e. The maximum absolute atomic E-state index is 12.9. The molecule has 0 atom stereocenters. The van der Waals surface area contributed by atoms with Crippen molar-refractivity contribution in [3.63, 3.8) is 0 Å². The zero-order valence-corrected chi connectivity index (χ0v) is 17.7. The van der Waals surface area contributed by atoms with Gasteiger partial charge in [0.15, 0.2) is 11.5 Å². The number of benzene rings is 2. The number of fused-ring (bicyclic) bond motifs is 2. The first-order valence-electron chi connectivity index (χ1n) is 9.82. The van der Waals surface area contributed by atoms with Gasteiger partial charge in [0.2, 0.25) is 11.7 Å². The second-order valence-electron chi connectivity index (χ2n) is 7.24. The molecule has 158 valence electrons. The number of nitrogens with one attached hydrogen (secondary N) is 2. The fourth-order valence-electron chi connectivity index (χ4n) is 4.02. The van der Waals surface area contributed by atoms with E-state index in [2.05, 4.69) is 38.4 Å². The van der Waals surface area contributed by atoms with Crippen LogP contribution < -0.4 is 30.0 Å². The number of anilines is 1. The Labute approximate surface area is 174 Å². The molecule has 3 aromatic rings. The molecule has 0 saturated heterocycles. The van der Waals surface area contributed by atoms with Crippen LogP contribution in [0.3, 0.4) is 0 Å². The lowest BCUT2D eigenvalue weighted by atomic mass is 9.97. The Kier molecular flexibility index (Phi) is 5.50. The minimum atomic E-state index is -0.369. The summed E-state index contributed by atoms with van der Waals surface area (Å²) in [6.45, 7) is 2.28. The molecule has 0 bridgehead atoms. The number of aromatic nitrogens is 2. The third-order valence-corrected chi connectivity index (χ3v) is 5.46. The van der Waals surface area contributed by atoms with Gasteiger partial charge in [-0.05, 0) is 30.2 Å². The molecular weight excluding hydrogens is 384 g/mol. The number of H-pyrrole nitrogens is 1. The van der Waals surface area contributed by atoms with Crippen LogP contribution in [-0.2, 0) is 19.5 Å². The van der Waals surface area contributed by atoms with E-state index in [0.29, 0.717) is 40.6 Å². The molecule has 1 aliphatic rings. The average Bonchev–Trinajstić information content (AvgIpc) is 2.77. The summed E-state index contributed by atoms with van der Waals surface area (Å²) in [5, 5.41) is 3.53. The Morgan fingerprint density at radius 1 is 1.10 bits per heavy atom. The van der Waals surface area contributed by atoms with Crippen molar-refractivity contribution in [1.82, 2.24) is 15.3 Å². The van der Waals surface area contributed by atoms with Crippen LogP contribution in [0.1, 0.15) is 16.7 Å². The first-order chi connectivity index (χ1) is 14.6. The van der Waals surface area contributed by atoms with E-state index in [9.17, 15) is 4.79 Å². The largest absolute Gasteiger partial charge is 0.493 e. The highest BCUT2D eigenvalue weighted by Gasteiger charge is 2.23. The summed E-state index contributed by atoms with van der Waals surface area (Å²) >= 11 is 0. The van der Waals surface area contributed by atoms with Gasteiger partial charge >= 0.3 is 0 Å². The van der Waals surface area contributed by atoms with Crippen LogP contribution in [0.2, 0.25) is 0 Å². The molecule has 0 aliphatic carbocycles. The third-order valence-electron chi connectivity index (χ3n) is 5.46. The maximum atomic E-state index is 12.9. The molecule has 0 spiro atoms. The molecule has 8 nitrogen and oxygen atoms in total. The Morgan fingerprint density at radius 3 is 2.60 bits per heavy atom. The molecule has 1 aliphatic heterocycles. The molecule has 30 heavy (non-hydrogen) atoms. The van der Waals surface area contributed by atoms with Crippen molar-refractivity contribution in [3.8, 4) is 17.2 Å². The monoisotopic (exact) mass is 410 g/mol. The van der Waals surface area contributed by atoms with Crippen molar-refractivity contribution < 1.29 is 14.2 Å². The lowest BCUT2D eigenvalue weighted by molar-refractivity contribution is 0.327. The molecular formula is C22H26N4O4. The van der Waals surface area contributed by atoms with Crippen molar-refractivity contribution >= 4 is 16.9 Å². The third kappa shape index (κ3) is 3.43. The van der Waals surface area contributed by atoms with Gasteiger partial charge in [-0.15, -0.1) is 0 Å². The number of ether oxygens (including phenoxy) is 3. The predicted octanol–water partition coefficient (Wildman–Crippen LogP) is 2.23. The second kappa shape index (κ2) is 8.23. The highest BCUT2D eigenvalue weighted by molar-refractivity contribution is 5.90. The number of aromatic amines is 1. The molecule has 0 radical (unpaired) electrons. The van der Waals surface area contributed by atoms with E-state index >= 15 is 0 Å². The molecule has 8 heteroatoms. The Morgan fingerprint density at radius 2 is 1.90 bits per heavy atom. The van der Waals surface area contributed by atoms with Crippen LogP contribution in [0.5, 0.6) is 17.2 Å². The van der Waals surface area contributed by atoms with Crippen molar-refractivity contribution in [2.45, 2.75) is 19.5 Å². The average molecular weight is 410 g/mol. The van der Waals surface area contributed by atoms with Crippen LogP contribution in [-0.4, -0.2) is 44.9 Å². The van der Waals surface area contributed by atoms with Crippen molar-refractivity contribution in [1.29, 1.82) is 0 Å². The van der Waals surface area contributed by atoms with Crippen LogP contribution in [0.15, 0.2) is 29.1 Å². The Balaban J connectivity index is 1.77. The maximum Gasteiger partial charge on any atom is 0.286 e. The Hall–Kier alpha value is -3.26. The molecule has 0 unspecified atom stereocenters. The topological polar surface area (TPSA) is 88.7 Å². The van der Waals surface area contributed by atoms with Gasteiger partial charge in [0.05, 0.1) is 26.8 Å². The van der Waals surface area contributed by atoms with Gasteiger partial charge in [-0.1, -0.05) is 18.2 Å². The summed E-state index contributed by atoms with van der Waals surface area (Å²) in [7, 11) is 6.49. The lowest BCUT2D eigenvalue weighted by Crippen LogP contribution is -2.33. The minimum Gasteiger partial charge on any atom is -0.493 e. The van der Waals surface area contributed by atoms with Crippen LogP contribution in [0.4, 0.5) is 5.95 Å². The molecule has 1 aromatic heterocycles. The van der Waals surface area contributed by atoms with Gasteiger partial charge in [0.25, 0.3) is 5.56 Å². The first-order valence-corrected chi connectivity index (χ1v) is 9.82. The van der Waals surface area contributed by atoms with Crippen LogP contribution in [0.25, 0.3) is 10.9 Å². The van der Waals surface area contributed by atoms with Crippen molar-refractivity contribution in [2.24, 2.45) is 0 Å². The highest BCUT2D eigenvalue weighted by atomic mass is 16.5. The zero-order chi connectivity index (χ0) is 21.3. The molecule has 0 saturated carbocycles. The summed E-state index contributed by atoms with van der Waals surface area (Å²) in [6, 6.07) is 8.31. The van der Waals surface area contributed by atoms with E-state index in [1.165, 1.54) is 30.9 Å². The molecule has 2 heterocycles. The zero-order valence-electron chi connectivity index (χ0n) is 17.7. The van der Waals surface area contributed by atoms with Gasteiger partial charge in [0, 0.05) is 25.7 Å². The van der Waals surface area contributed by atoms with Gasteiger partial charge in [0.1, 0.15) is 5.39 Å². The fraction of sp³-hybridized carbons (Fsp3) is 0.364. The van der Waals surface area contributed by atoms with Gasteiger partial charge in [-0.2, -0.15) is 4.98 Å². The van der Waals surface area contributed by atoms with Crippen LogP contribution in [0, 0.1) is 0 Å². The SMILES string of the molecule is CNCc1ccc2c(c1)CN(c1nc(=O)c3c(OC)c(OC)c(OC)cc3[nH]1)CC2. The standard InChI is InChI=1S/C22H26N4O4/c1-23-11-13-5-6-14-7-8-26(12-15(14)9-13)22-24-16-10-17(28-2)19(29-3)20(30-4)18(16)21(27)25-22/h5-6,9-10,23H,7-8,11-12H2,1-4H3,(H,24,25,27). The summed E-state index contributed by atoms with van der Waals surface area (Å²) < 4.78 is 16.3. The molecule has 4 rings (SSSR count). The predicted molar refractivity (Wildman–Crippen MR) is 116 cm³/mol. The number of rotatable bonds is 6. The molecule has 2 N–H and O–H groups in total. The van der Waals surface area contributed by atoms with Gasteiger partial charge < -0.3 is 29.4 Å². The summed E-state index contributed by atoms with van der Waals surface area (Å²) in [5.74, 6) is 1.70. The van der Waals surface area contributed by atoms with E-state index in [-0.39, 0.29) is 5.56 Å². The quantitative estimate of drug-likeness (QED) is 0.644. The van der Waals surface area contributed by atoms with E-state index in [1.807, 2.05) is 7.05 Å². The van der Waals surface area contributed by atoms with E-state index < -0.39 is 0 Å². The van der Waals surface area contributed by atoms with Gasteiger partial charge in [-0.25, -0.2) is 0 Å². The number of hydrogen-bond acceptors (Lipinski definition) is 7. The summed E-state index contributed by atoms with van der Waals surface area (Å²) in [4.78, 5) is 22.6. The highest BCUT2D eigenvalue weighted by Crippen LogP contribution is 2.41. The lowest BCUT2D eigenvalue weighted by Gasteiger charge is -2.30. The normalized spacial score (nSPS) is 13.3. The first kappa shape index (κ1) is 20.0. The minimum absolute atomic E-state index is 0.313. The molecule has 2 aromatic carbocycles. The number of methoxy groups -OCH3 is 3. The number of nitrogens with zero attached hydrogens (tertiary/aromatic N) is 2. The van der Waals surface area contributed by atoms with Crippen molar-refractivity contribution in [2.75, 3.05) is 39.8 Å². The van der Waals surface area contributed by atoms with Gasteiger partial charge in [-0.3, -0.25) is 4.79 Å². The number of hydrogen-bond donors (Lipinski definition) is 2. The van der Waals surface area contributed by atoms with E-state index in [4.69, 9.17) is 14.2 Å². The Bertz CT molecular complexity index is 1140. The van der Waals surface area contributed by atoms with Crippen LogP contribution >= 0.6 is 0 Å². The van der Waals surface area contributed by atoms with E-state index in [0.717, 1.165) is 19.5 Å².